The summed E-state index contributed by atoms with van der Waals surface area (Å²) in [5, 5.41) is 9.72. The van der Waals surface area contributed by atoms with E-state index in [0.717, 1.165) is 5.69 Å². The number of likely N-dealkylation sites (N-methyl/N-ethyl adjacent to an activating group) is 1. The van der Waals surface area contributed by atoms with E-state index in [4.69, 9.17) is 21.4 Å². The Kier molecular flexibility index (Phi) is 2.52. The van der Waals surface area contributed by atoms with Gasteiger partial charge in [-0.1, -0.05) is 17.7 Å². The number of aliphatic hydroxyl groups excluding tert-OH is 1. The van der Waals surface area contributed by atoms with Crippen molar-refractivity contribution in [1.29, 1.82) is 0 Å². The van der Waals surface area contributed by atoms with Crippen molar-refractivity contribution in [1.82, 2.24) is 0 Å². The van der Waals surface area contributed by atoms with Crippen LogP contribution in [0.5, 0.6) is 5.75 Å². The maximum Gasteiger partial charge on any atom is 0.161 e. The molecule has 1 aromatic rings. The van der Waals surface area contributed by atoms with Crippen molar-refractivity contribution in [2.45, 2.75) is 6.04 Å². The fraction of sp³-hybridized carbons (Fsp3) is 0.400. The van der Waals surface area contributed by atoms with Crippen LogP contribution in [-0.4, -0.2) is 31.4 Å². The highest BCUT2D eigenvalue weighted by Crippen LogP contribution is 2.38. The Balaban J connectivity index is 2.41. The summed E-state index contributed by atoms with van der Waals surface area (Å²) in [6.45, 7) is 0.562. The molecule has 0 fully saturated rings. The molecule has 1 aliphatic heterocycles. The van der Waals surface area contributed by atoms with Crippen molar-refractivity contribution >= 4 is 17.3 Å². The zero-order chi connectivity index (χ0) is 10.1. The lowest BCUT2D eigenvalue weighted by Gasteiger charge is -2.35. The van der Waals surface area contributed by atoms with Crippen molar-refractivity contribution in [3.8, 4) is 5.75 Å². The second kappa shape index (κ2) is 3.67. The van der Waals surface area contributed by atoms with E-state index >= 15 is 0 Å². The van der Waals surface area contributed by atoms with E-state index in [-0.39, 0.29) is 12.6 Å². The average Bonchev–Trinajstić information content (AvgIpc) is 2.20. The number of anilines is 1. The lowest BCUT2D eigenvalue weighted by Crippen LogP contribution is -2.42. The van der Waals surface area contributed by atoms with Crippen LogP contribution in [0.15, 0.2) is 18.2 Å². The summed E-state index contributed by atoms with van der Waals surface area (Å²) in [5.41, 5.74) is 0.933. The normalized spacial score (nSPS) is 20.2. The minimum atomic E-state index is 0.0148. The van der Waals surface area contributed by atoms with Gasteiger partial charge in [0.2, 0.25) is 0 Å². The molecule has 1 N–H and O–H groups in total. The summed E-state index contributed by atoms with van der Waals surface area (Å²) in [6.07, 6.45) is 0. The predicted octanol–water partition coefficient (Wildman–Crippen LogP) is 1.53. The molecule has 1 aliphatic rings. The molecule has 3 nitrogen and oxygen atoms in total. The highest BCUT2D eigenvalue weighted by Gasteiger charge is 2.25. The van der Waals surface area contributed by atoms with Gasteiger partial charge in [0.05, 0.1) is 23.4 Å². The number of halogens is 1. The summed E-state index contributed by atoms with van der Waals surface area (Å²) in [4.78, 5) is 1.99. The Morgan fingerprint density at radius 2 is 2.43 bits per heavy atom. The third kappa shape index (κ3) is 1.42. The van der Waals surface area contributed by atoms with E-state index in [1.54, 1.807) is 6.07 Å². The zero-order valence-corrected chi connectivity index (χ0v) is 8.66. The van der Waals surface area contributed by atoms with Crippen LogP contribution < -0.4 is 9.64 Å². The van der Waals surface area contributed by atoms with Gasteiger partial charge in [-0.2, -0.15) is 0 Å². The molecule has 0 saturated heterocycles. The highest BCUT2D eigenvalue weighted by molar-refractivity contribution is 6.32. The third-order valence-electron chi connectivity index (χ3n) is 2.50. The smallest absolute Gasteiger partial charge is 0.161 e. The number of hydrogen-bond acceptors (Lipinski definition) is 3. The summed E-state index contributed by atoms with van der Waals surface area (Å²) >= 11 is 5.98. The molecule has 76 valence electrons. The second-order valence-corrected chi connectivity index (χ2v) is 3.75. The van der Waals surface area contributed by atoms with Crippen LogP contribution in [-0.2, 0) is 0 Å². The first-order valence-electron chi connectivity index (χ1n) is 4.49. The summed E-state index contributed by atoms with van der Waals surface area (Å²) in [7, 11) is 1.93. The monoisotopic (exact) mass is 213 g/mol. The van der Waals surface area contributed by atoms with Gasteiger partial charge in [-0.25, -0.2) is 0 Å². The van der Waals surface area contributed by atoms with E-state index in [1.807, 2.05) is 24.1 Å². The summed E-state index contributed by atoms with van der Waals surface area (Å²) < 4.78 is 5.49. The Morgan fingerprint density at radius 1 is 1.64 bits per heavy atom. The number of fused-ring (bicyclic) bond motifs is 1. The molecule has 0 radical (unpaired) electrons. The summed E-state index contributed by atoms with van der Waals surface area (Å²) in [5.74, 6) is 0.710. The van der Waals surface area contributed by atoms with Crippen LogP contribution in [0.4, 0.5) is 5.69 Å². The van der Waals surface area contributed by atoms with Crippen LogP contribution in [0.25, 0.3) is 0 Å². The molecular formula is C10H12ClNO2. The molecule has 2 rings (SSSR count). The average molecular weight is 214 g/mol. The van der Waals surface area contributed by atoms with E-state index < -0.39 is 0 Å². The first kappa shape index (κ1) is 9.62. The van der Waals surface area contributed by atoms with Gasteiger partial charge in [-0.05, 0) is 12.1 Å². The Morgan fingerprint density at radius 3 is 3.14 bits per heavy atom. The number of rotatable bonds is 1. The molecule has 4 heteroatoms. The maximum absolute atomic E-state index is 9.10. The number of para-hydroxylation sites is 1. The van der Waals surface area contributed by atoms with E-state index in [9.17, 15) is 0 Å². The quantitative estimate of drug-likeness (QED) is 0.768. The number of hydrogen-bond donors (Lipinski definition) is 1. The lowest BCUT2D eigenvalue weighted by molar-refractivity contribution is 0.191. The Bertz CT molecular complexity index is 343. The van der Waals surface area contributed by atoms with Crippen molar-refractivity contribution in [2.24, 2.45) is 0 Å². The van der Waals surface area contributed by atoms with Crippen molar-refractivity contribution in [3.05, 3.63) is 23.2 Å². The fourth-order valence-corrected chi connectivity index (χ4v) is 1.81. The van der Waals surface area contributed by atoms with Gasteiger partial charge < -0.3 is 14.7 Å². The SMILES string of the molecule is CN1c2cccc(Cl)c2OCC1CO. The molecule has 0 bridgehead atoms. The molecule has 0 amide bonds. The minimum absolute atomic E-state index is 0.0148. The number of nitrogens with zero attached hydrogens (tertiary/aromatic N) is 1. The lowest BCUT2D eigenvalue weighted by atomic mass is 10.2. The zero-order valence-electron chi connectivity index (χ0n) is 7.90. The van der Waals surface area contributed by atoms with Crippen LogP contribution in [0.3, 0.4) is 0 Å². The standard InChI is InChI=1S/C10H12ClNO2/c1-12-7(5-13)6-14-10-8(11)3-2-4-9(10)12/h2-4,7,13H,5-6H2,1H3. The Labute approximate surface area is 87.9 Å². The first-order valence-corrected chi connectivity index (χ1v) is 4.87. The highest BCUT2D eigenvalue weighted by atomic mass is 35.5. The topological polar surface area (TPSA) is 32.7 Å². The molecule has 0 aromatic heterocycles. The van der Waals surface area contributed by atoms with Crippen molar-refractivity contribution in [2.75, 3.05) is 25.2 Å². The minimum Gasteiger partial charge on any atom is -0.488 e. The third-order valence-corrected chi connectivity index (χ3v) is 2.80. The van der Waals surface area contributed by atoms with Gasteiger partial charge in [0.1, 0.15) is 6.61 Å². The first-order chi connectivity index (χ1) is 6.74. The molecule has 1 atom stereocenters. The van der Waals surface area contributed by atoms with Gasteiger partial charge >= 0.3 is 0 Å². The van der Waals surface area contributed by atoms with Crippen molar-refractivity contribution < 1.29 is 9.84 Å². The number of ether oxygens (including phenoxy) is 1. The molecule has 14 heavy (non-hydrogen) atoms. The van der Waals surface area contributed by atoms with E-state index in [1.165, 1.54) is 0 Å². The molecule has 1 aromatic carbocycles. The van der Waals surface area contributed by atoms with Crippen LogP contribution in [0, 0.1) is 0 Å². The van der Waals surface area contributed by atoms with Crippen LogP contribution >= 0.6 is 11.6 Å². The molecule has 0 saturated carbocycles. The second-order valence-electron chi connectivity index (χ2n) is 3.35. The molecule has 1 unspecified atom stereocenters. The summed E-state index contributed by atoms with van der Waals surface area (Å²) in [6, 6.07) is 5.62. The van der Waals surface area contributed by atoms with Gasteiger partial charge in [-0.15, -0.1) is 0 Å². The van der Waals surface area contributed by atoms with Crippen molar-refractivity contribution in [3.63, 3.8) is 0 Å². The molecular weight excluding hydrogens is 202 g/mol. The molecule has 0 aliphatic carbocycles. The largest absolute Gasteiger partial charge is 0.488 e. The van der Waals surface area contributed by atoms with Gasteiger partial charge in [0, 0.05) is 7.05 Å². The molecule has 0 spiro atoms. The van der Waals surface area contributed by atoms with Gasteiger partial charge in [0.25, 0.3) is 0 Å². The maximum atomic E-state index is 9.10. The number of benzene rings is 1. The van der Waals surface area contributed by atoms with E-state index in [0.29, 0.717) is 17.4 Å². The van der Waals surface area contributed by atoms with Crippen LogP contribution in [0.2, 0.25) is 5.02 Å². The van der Waals surface area contributed by atoms with Gasteiger partial charge in [0.15, 0.2) is 5.75 Å². The predicted molar refractivity (Wildman–Crippen MR) is 56.2 cm³/mol. The fourth-order valence-electron chi connectivity index (χ4n) is 1.58. The van der Waals surface area contributed by atoms with Crippen LogP contribution in [0.1, 0.15) is 0 Å². The number of aliphatic hydroxyl groups is 1. The Hall–Kier alpha value is -0.930. The van der Waals surface area contributed by atoms with Gasteiger partial charge in [-0.3, -0.25) is 0 Å². The molecule has 1 heterocycles. The van der Waals surface area contributed by atoms with E-state index in [2.05, 4.69) is 0 Å².